The third-order valence-corrected chi connectivity index (χ3v) is 4.45. The minimum atomic E-state index is -0.306. The van der Waals surface area contributed by atoms with Gasteiger partial charge in [-0.05, 0) is 38.2 Å². The minimum Gasteiger partial charge on any atom is -0.345 e. The molecular weight excluding hydrogens is 268 g/mol. The fraction of sp³-hybridized carbons (Fsp3) is 0.667. The van der Waals surface area contributed by atoms with E-state index in [0.717, 1.165) is 25.0 Å². The summed E-state index contributed by atoms with van der Waals surface area (Å²) in [5.41, 5.74) is 0.851. The van der Waals surface area contributed by atoms with E-state index in [1.807, 2.05) is 16.9 Å². The number of carbonyl (C=O) groups excluding carboxylic acids is 2. The van der Waals surface area contributed by atoms with Gasteiger partial charge in [0.1, 0.15) is 6.04 Å². The molecule has 1 N–H and O–H groups in total. The maximum atomic E-state index is 12.2. The van der Waals surface area contributed by atoms with E-state index < -0.39 is 0 Å². The van der Waals surface area contributed by atoms with Crippen molar-refractivity contribution in [2.24, 2.45) is 5.92 Å². The van der Waals surface area contributed by atoms with Gasteiger partial charge in [-0.25, -0.2) is 0 Å². The van der Waals surface area contributed by atoms with Crippen molar-refractivity contribution in [1.82, 2.24) is 20.0 Å². The van der Waals surface area contributed by atoms with E-state index in [1.165, 1.54) is 0 Å². The Morgan fingerprint density at radius 2 is 2.19 bits per heavy atom. The quantitative estimate of drug-likeness (QED) is 0.882. The second-order valence-corrected chi connectivity index (χ2v) is 6.07. The highest BCUT2D eigenvalue weighted by atomic mass is 16.2. The van der Waals surface area contributed by atoms with Crippen molar-refractivity contribution in [3.63, 3.8) is 0 Å². The number of hydrogen-bond acceptors (Lipinski definition) is 3. The topological polar surface area (TPSA) is 67.2 Å². The van der Waals surface area contributed by atoms with Crippen molar-refractivity contribution in [3.05, 3.63) is 18.0 Å². The monoisotopic (exact) mass is 290 g/mol. The maximum absolute atomic E-state index is 12.2. The van der Waals surface area contributed by atoms with E-state index >= 15 is 0 Å². The second kappa shape index (κ2) is 5.50. The van der Waals surface area contributed by atoms with Crippen LogP contribution in [0.4, 0.5) is 0 Å². The third kappa shape index (κ3) is 2.80. The van der Waals surface area contributed by atoms with Crippen molar-refractivity contribution in [2.75, 3.05) is 6.54 Å². The molecule has 6 nitrogen and oxygen atoms in total. The summed E-state index contributed by atoms with van der Waals surface area (Å²) in [6.07, 6.45) is 5.02. The maximum Gasteiger partial charge on any atom is 0.243 e. The fourth-order valence-electron chi connectivity index (χ4n) is 2.80. The highest BCUT2D eigenvalue weighted by Gasteiger charge is 2.44. The summed E-state index contributed by atoms with van der Waals surface area (Å²) in [6, 6.07) is 1.98. The highest BCUT2D eigenvalue weighted by Crippen LogP contribution is 2.36. The molecule has 2 atom stereocenters. The Bertz CT molecular complexity index is 550. The van der Waals surface area contributed by atoms with Crippen molar-refractivity contribution >= 4 is 11.8 Å². The Kier molecular flexibility index (Phi) is 3.69. The Morgan fingerprint density at radius 3 is 2.86 bits per heavy atom. The Balaban J connectivity index is 1.76. The molecule has 2 fully saturated rings. The average molecular weight is 290 g/mol. The van der Waals surface area contributed by atoms with Gasteiger partial charge in [0.2, 0.25) is 11.8 Å². The summed E-state index contributed by atoms with van der Waals surface area (Å²) in [6.45, 7) is 4.77. The van der Waals surface area contributed by atoms with Gasteiger partial charge < -0.3 is 10.2 Å². The van der Waals surface area contributed by atoms with Crippen LogP contribution in [0.2, 0.25) is 0 Å². The zero-order valence-electron chi connectivity index (χ0n) is 12.6. The van der Waals surface area contributed by atoms with Crippen LogP contribution >= 0.6 is 0 Å². The largest absolute Gasteiger partial charge is 0.345 e. The summed E-state index contributed by atoms with van der Waals surface area (Å²) in [4.78, 5) is 25.9. The van der Waals surface area contributed by atoms with Crippen molar-refractivity contribution in [1.29, 1.82) is 0 Å². The molecule has 2 heterocycles. The number of piperazine rings is 1. The SMILES string of the molecule is CCC(C)n1ccc(CN2C(=O)CNC(=O)C2C2CC2)n1. The molecule has 114 valence electrons. The molecule has 1 aliphatic carbocycles. The van der Waals surface area contributed by atoms with E-state index in [9.17, 15) is 9.59 Å². The first-order valence-electron chi connectivity index (χ1n) is 7.71. The number of nitrogens with one attached hydrogen (secondary N) is 1. The summed E-state index contributed by atoms with van der Waals surface area (Å²) >= 11 is 0. The van der Waals surface area contributed by atoms with Crippen LogP contribution in [0.25, 0.3) is 0 Å². The van der Waals surface area contributed by atoms with Crippen LogP contribution in [0.5, 0.6) is 0 Å². The number of rotatable bonds is 5. The molecule has 2 unspecified atom stereocenters. The average Bonchev–Trinajstić information content (AvgIpc) is 3.20. The van der Waals surface area contributed by atoms with Gasteiger partial charge in [-0.2, -0.15) is 5.10 Å². The molecule has 21 heavy (non-hydrogen) atoms. The number of nitrogens with zero attached hydrogens (tertiary/aromatic N) is 3. The predicted molar refractivity (Wildman–Crippen MR) is 77.3 cm³/mol. The molecule has 2 aliphatic rings. The van der Waals surface area contributed by atoms with Gasteiger partial charge in [-0.15, -0.1) is 0 Å². The van der Waals surface area contributed by atoms with Gasteiger partial charge in [0, 0.05) is 12.2 Å². The minimum absolute atomic E-state index is 0.00964. The number of amides is 2. The van der Waals surface area contributed by atoms with Crippen molar-refractivity contribution in [3.8, 4) is 0 Å². The lowest BCUT2D eigenvalue weighted by atomic mass is 10.1. The molecule has 1 aromatic heterocycles. The molecule has 0 aromatic carbocycles. The summed E-state index contributed by atoms with van der Waals surface area (Å²) in [7, 11) is 0. The lowest BCUT2D eigenvalue weighted by Gasteiger charge is -2.34. The highest BCUT2D eigenvalue weighted by molar-refractivity contribution is 5.95. The first-order chi connectivity index (χ1) is 10.1. The molecule has 6 heteroatoms. The molecule has 1 saturated heterocycles. The van der Waals surface area contributed by atoms with E-state index in [1.54, 1.807) is 4.90 Å². The van der Waals surface area contributed by atoms with E-state index in [-0.39, 0.29) is 24.4 Å². The third-order valence-electron chi connectivity index (χ3n) is 4.45. The first-order valence-corrected chi connectivity index (χ1v) is 7.71. The summed E-state index contributed by atoms with van der Waals surface area (Å²) in [5.74, 6) is 0.300. The molecule has 1 saturated carbocycles. The van der Waals surface area contributed by atoms with E-state index in [4.69, 9.17) is 0 Å². The van der Waals surface area contributed by atoms with Crippen LogP contribution in [-0.4, -0.2) is 39.1 Å². The second-order valence-electron chi connectivity index (χ2n) is 6.07. The molecule has 2 amide bonds. The van der Waals surface area contributed by atoms with E-state index in [2.05, 4.69) is 24.3 Å². The summed E-state index contributed by atoms with van der Waals surface area (Å²) < 4.78 is 1.93. The first kappa shape index (κ1) is 14.1. The molecule has 1 aromatic rings. The van der Waals surface area contributed by atoms with Gasteiger partial charge in [-0.1, -0.05) is 6.92 Å². The smallest absolute Gasteiger partial charge is 0.243 e. The summed E-state index contributed by atoms with van der Waals surface area (Å²) in [5, 5.41) is 7.24. The van der Waals surface area contributed by atoms with Crippen LogP contribution in [-0.2, 0) is 16.1 Å². The van der Waals surface area contributed by atoms with Gasteiger partial charge in [0.05, 0.1) is 18.8 Å². The van der Waals surface area contributed by atoms with E-state index in [0.29, 0.717) is 18.5 Å². The van der Waals surface area contributed by atoms with Crippen LogP contribution in [0, 0.1) is 5.92 Å². The van der Waals surface area contributed by atoms with Crippen LogP contribution in [0.1, 0.15) is 44.8 Å². The molecule has 0 radical (unpaired) electrons. The molecule has 0 spiro atoms. The normalized spacial score (nSPS) is 24.1. The van der Waals surface area contributed by atoms with Crippen molar-refractivity contribution < 1.29 is 9.59 Å². The zero-order chi connectivity index (χ0) is 15.0. The standard InChI is InChI=1S/C15H22N4O2/c1-3-10(2)19-7-6-12(17-19)9-18-13(20)8-16-15(21)14(18)11-4-5-11/h6-7,10-11,14H,3-5,8-9H2,1-2H3,(H,16,21). The van der Waals surface area contributed by atoms with Crippen molar-refractivity contribution in [2.45, 2.75) is 51.7 Å². The molecule has 1 aliphatic heterocycles. The van der Waals surface area contributed by atoms with Gasteiger partial charge >= 0.3 is 0 Å². The van der Waals surface area contributed by atoms with Gasteiger partial charge in [0.25, 0.3) is 0 Å². The molecule has 0 bridgehead atoms. The molecule has 3 rings (SSSR count). The Hall–Kier alpha value is -1.85. The number of aromatic nitrogens is 2. The Morgan fingerprint density at radius 1 is 1.43 bits per heavy atom. The number of hydrogen-bond donors (Lipinski definition) is 1. The lowest BCUT2D eigenvalue weighted by molar-refractivity contribution is -0.147. The van der Waals surface area contributed by atoms with Crippen LogP contribution < -0.4 is 5.32 Å². The van der Waals surface area contributed by atoms with Crippen LogP contribution in [0.3, 0.4) is 0 Å². The van der Waals surface area contributed by atoms with Crippen LogP contribution in [0.15, 0.2) is 12.3 Å². The molecular formula is C15H22N4O2. The fourth-order valence-corrected chi connectivity index (χ4v) is 2.80. The van der Waals surface area contributed by atoms with Gasteiger partial charge in [-0.3, -0.25) is 14.3 Å². The lowest BCUT2D eigenvalue weighted by Crippen LogP contribution is -2.58. The number of carbonyl (C=O) groups is 2. The van der Waals surface area contributed by atoms with Gasteiger partial charge in [0.15, 0.2) is 0 Å². The Labute approximate surface area is 124 Å². The zero-order valence-corrected chi connectivity index (χ0v) is 12.6. The predicted octanol–water partition coefficient (Wildman–Crippen LogP) is 1.09.